The van der Waals surface area contributed by atoms with Gasteiger partial charge in [-0.3, -0.25) is 0 Å². The van der Waals surface area contributed by atoms with Crippen molar-refractivity contribution in [1.29, 1.82) is 0 Å². The Hall–Kier alpha value is -1.62. The summed E-state index contributed by atoms with van der Waals surface area (Å²) in [6.45, 7) is 5.40. The van der Waals surface area contributed by atoms with Gasteiger partial charge in [-0.25, -0.2) is 9.18 Å². The number of benzene rings is 1. The highest BCUT2D eigenvalue weighted by Crippen LogP contribution is 2.34. The van der Waals surface area contributed by atoms with Crippen LogP contribution in [-0.2, 0) is 10.3 Å². The summed E-state index contributed by atoms with van der Waals surface area (Å²) in [5.74, 6) is -0.464. The molecule has 0 atom stereocenters. The van der Waals surface area contributed by atoms with Gasteiger partial charge in [0.2, 0.25) is 0 Å². The van der Waals surface area contributed by atoms with Crippen LogP contribution in [0.25, 0.3) is 0 Å². The Kier molecular flexibility index (Phi) is 3.26. The minimum absolute atomic E-state index is 0.0445. The van der Waals surface area contributed by atoms with Crippen LogP contribution in [0.2, 0.25) is 0 Å². The maximum atomic E-state index is 13.6. The lowest BCUT2D eigenvalue weighted by Crippen LogP contribution is -2.62. The minimum atomic E-state index is -1.32. The molecule has 1 saturated heterocycles. The third kappa shape index (κ3) is 2.87. The van der Waals surface area contributed by atoms with Crippen molar-refractivity contribution < 1.29 is 19.0 Å². The number of hydrogen-bond acceptors (Lipinski definition) is 3. The number of rotatable bonds is 1. The smallest absolute Gasteiger partial charge is 0.410 e. The monoisotopic (exact) mass is 267 g/mol. The molecule has 1 aromatic rings. The Morgan fingerprint density at radius 3 is 2.47 bits per heavy atom. The molecule has 1 heterocycles. The Balaban J connectivity index is 2.02. The van der Waals surface area contributed by atoms with Crippen LogP contribution in [0.4, 0.5) is 9.18 Å². The van der Waals surface area contributed by atoms with Crippen molar-refractivity contribution in [3.8, 4) is 0 Å². The first-order valence-corrected chi connectivity index (χ1v) is 6.17. The summed E-state index contributed by atoms with van der Waals surface area (Å²) in [7, 11) is 0. The zero-order valence-corrected chi connectivity index (χ0v) is 11.3. The molecule has 0 bridgehead atoms. The maximum Gasteiger partial charge on any atom is 0.410 e. The summed E-state index contributed by atoms with van der Waals surface area (Å²) in [4.78, 5) is 13.1. The number of carbonyl (C=O) groups excluding carboxylic acids is 1. The van der Waals surface area contributed by atoms with Gasteiger partial charge in [0.05, 0.1) is 13.1 Å². The van der Waals surface area contributed by atoms with Gasteiger partial charge in [0.25, 0.3) is 0 Å². The topological polar surface area (TPSA) is 49.8 Å². The Labute approximate surface area is 111 Å². The minimum Gasteiger partial charge on any atom is -0.444 e. The van der Waals surface area contributed by atoms with Gasteiger partial charge in [0.15, 0.2) is 0 Å². The zero-order chi connectivity index (χ0) is 14.3. The first-order valence-electron chi connectivity index (χ1n) is 6.17. The van der Waals surface area contributed by atoms with Gasteiger partial charge in [-0.05, 0) is 26.8 Å². The van der Waals surface area contributed by atoms with Crippen molar-refractivity contribution in [2.24, 2.45) is 0 Å². The molecular weight excluding hydrogens is 249 g/mol. The van der Waals surface area contributed by atoms with Crippen molar-refractivity contribution in [3.63, 3.8) is 0 Å². The number of halogens is 1. The molecule has 1 N–H and O–H groups in total. The Morgan fingerprint density at radius 1 is 1.37 bits per heavy atom. The predicted octanol–water partition coefficient (Wildman–Crippen LogP) is 2.26. The second-order valence-corrected chi connectivity index (χ2v) is 5.85. The van der Waals surface area contributed by atoms with Crippen LogP contribution < -0.4 is 0 Å². The van der Waals surface area contributed by atoms with Crippen molar-refractivity contribution >= 4 is 6.09 Å². The Bertz CT molecular complexity index is 490. The molecule has 1 aliphatic rings. The van der Waals surface area contributed by atoms with E-state index in [1.165, 1.54) is 17.0 Å². The highest BCUT2D eigenvalue weighted by Gasteiger charge is 2.47. The van der Waals surface area contributed by atoms with E-state index in [-0.39, 0.29) is 18.7 Å². The fourth-order valence-electron chi connectivity index (χ4n) is 2.05. The lowest BCUT2D eigenvalue weighted by atomic mass is 9.86. The molecule has 1 aliphatic heterocycles. The van der Waals surface area contributed by atoms with E-state index in [1.807, 2.05) is 0 Å². The Morgan fingerprint density at radius 2 is 1.95 bits per heavy atom. The summed E-state index contributed by atoms with van der Waals surface area (Å²) >= 11 is 0. The van der Waals surface area contributed by atoms with Gasteiger partial charge in [0, 0.05) is 5.56 Å². The van der Waals surface area contributed by atoms with E-state index in [1.54, 1.807) is 32.9 Å². The molecule has 2 rings (SSSR count). The molecule has 1 amide bonds. The lowest BCUT2D eigenvalue weighted by Gasteiger charge is -2.46. The zero-order valence-electron chi connectivity index (χ0n) is 11.3. The third-order valence-electron chi connectivity index (χ3n) is 2.93. The number of aliphatic hydroxyl groups is 1. The van der Waals surface area contributed by atoms with Gasteiger partial charge in [-0.15, -0.1) is 0 Å². The molecular formula is C14H18FNO3. The van der Waals surface area contributed by atoms with Crippen LogP contribution in [0.15, 0.2) is 24.3 Å². The van der Waals surface area contributed by atoms with Crippen molar-refractivity contribution in [2.45, 2.75) is 32.0 Å². The fraction of sp³-hybridized carbons (Fsp3) is 0.500. The third-order valence-corrected chi connectivity index (χ3v) is 2.93. The molecule has 0 aromatic heterocycles. The molecule has 1 aromatic carbocycles. The number of nitrogens with zero attached hydrogens (tertiary/aromatic N) is 1. The standard InChI is InChI=1S/C14H18FNO3/c1-13(2,3)19-12(17)16-8-14(18,9-16)10-6-4-5-7-11(10)15/h4-7,18H,8-9H2,1-3H3. The largest absolute Gasteiger partial charge is 0.444 e. The summed E-state index contributed by atoms with van der Waals surface area (Å²) in [6, 6.07) is 6.05. The van der Waals surface area contributed by atoms with Gasteiger partial charge < -0.3 is 14.7 Å². The number of carbonyl (C=O) groups is 1. The van der Waals surface area contributed by atoms with E-state index in [4.69, 9.17) is 4.74 Å². The highest BCUT2D eigenvalue weighted by atomic mass is 19.1. The van der Waals surface area contributed by atoms with Crippen LogP contribution in [-0.4, -0.2) is 34.8 Å². The second-order valence-electron chi connectivity index (χ2n) is 5.85. The van der Waals surface area contributed by atoms with Crippen LogP contribution in [0.1, 0.15) is 26.3 Å². The van der Waals surface area contributed by atoms with Crippen molar-refractivity contribution in [3.05, 3.63) is 35.6 Å². The number of amides is 1. The van der Waals surface area contributed by atoms with E-state index in [0.717, 1.165) is 0 Å². The summed E-state index contributed by atoms with van der Waals surface area (Å²) in [5, 5.41) is 10.3. The first-order chi connectivity index (χ1) is 8.71. The lowest BCUT2D eigenvalue weighted by molar-refractivity contribution is -0.105. The second kappa shape index (κ2) is 4.49. The number of likely N-dealkylation sites (tertiary alicyclic amines) is 1. The molecule has 0 spiro atoms. The summed E-state index contributed by atoms with van der Waals surface area (Å²) in [5.41, 5.74) is -1.68. The van der Waals surface area contributed by atoms with E-state index in [9.17, 15) is 14.3 Å². The van der Waals surface area contributed by atoms with Crippen LogP contribution in [0.5, 0.6) is 0 Å². The first kappa shape index (κ1) is 13.8. The van der Waals surface area contributed by atoms with Gasteiger partial charge in [-0.2, -0.15) is 0 Å². The summed E-state index contributed by atoms with van der Waals surface area (Å²) in [6.07, 6.45) is -0.492. The van der Waals surface area contributed by atoms with E-state index in [2.05, 4.69) is 0 Å². The quantitative estimate of drug-likeness (QED) is 0.849. The molecule has 0 saturated carbocycles. The molecule has 104 valence electrons. The molecule has 19 heavy (non-hydrogen) atoms. The molecule has 0 radical (unpaired) electrons. The van der Waals surface area contributed by atoms with Crippen molar-refractivity contribution in [1.82, 2.24) is 4.90 Å². The van der Waals surface area contributed by atoms with Gasteiger partial charge in [-0.1, -0.05) is 18.2 Å². The molecule has 4 nitrogen and oxygen atoms in total. The average molecular weight is 267 g/mol. The fourth-order valence-corrected chi connectivity index (χ4v) is 2.05. The number of ether oxygens (including phenoxy) is 1. The van der Waals surface area contributed by atoms with Crippen LogP contribution in [0.3, 0.4) is 0 Å². The highest BCUT2D eigenvalue weighted by molar-refractivity contribution is 5.70. The number of hydrogen-bond donors (Lipinski definition) is 1. The molecule has 5 heteroatoms. The normalized spacial score (nSPS) is 17.8. The van der Waals surface area contributed by atoms with Crippen molar-refractivity contribution in [2.75, 3.05) is 13.1 Å². The van der Waals surface area contributed by atoms with E-state index < -0.39 is 23.1 Å². The summed E-state index contributed by atoms with van der Waals surface area (Å²) < 4.78 is 18.8. The average Bonchev–Trinajstić information content (AvgIpc) is 2.23. The maximum absolute atomic E-state index is 13.6. The molecule has 0 aliphatic carbocycles. The van der Waals surface area contributed by atoms with E-state index >= 15 is 0 Å². The SMILES string of the molecule is CC(C)(C)OC(=O)N1CC(O)(c2ccccc2F)C1. The molecule has 1 fully saturated rings. The van der Waals surface area contributed by atoms with Gasteiger partial charge >= 0.3 is 6.09 Å². The predicted molar refractivity (Wildman–Crippen MR) is 68.1 cm³/mol. The van der Waals surface area contributed by atoms with Crippen LogP contribution >= 0.6 is 0 Å². The van der Waals surface area contributed by atoms with Gasteiger partial charge in [0.1, 0.15) is 17.0 Å². The van der Waals surface area contributed by atoms with Crippen LogP contribution in [0, 0.1) is 5.82 Å². The molecule has 0 unspecified atom stereocenters. The number of β-amino-alcohol motifs (C(OH)–C–C–N with tert-alkyl or cyclic N) is 1. The van der Waals surface area contributed by atoms with E-state index in [0.29, 0.717) is 0 Å².